The van der Waals surface area contributed by atoms with Gasteiger partial charge in [0.05, 0.1) is 0 Å². The Hall–Kier alpha value is -1.86. The van der Waals surface area contributed by atoms with Gasteiger partial charge in [0.1, 0.15) is 0 Å². The predicted octanol–water partition coefficient (Wildman–Crippen LogP) is 4.94. The van der Waals surface area contributed by atoms with Gasteiger partial charge in [-0.15, -0.1) is 0 Å². The molecule has 108 valence electrons. The molecule has 4 heteroatoms. The van der Waals surface area contributed by atoms with Crippen LogP contribution in [0, 0.1) is 27.7 Å². The van der Waals surface area contributed by atoms with E-state index in [2.05, 4.69) is 26.0 Å². The van der Waals surface area contributed by atoms with Crippen molar-refractivity contribution in [2.75, 3.05) is 0 Å². The molecule has 1 aliphatic heterocycles. The summed E-state index contributed by atoms with van der Waals surface area (Å²) >= 11 is 0. The molecule has 0 aliphatic carbocycles. The van der Waals surface area contributed by atoms with Crippen LogP contribution in [0.5, 0.6) is 11.5 Å². The lowest BCUT2D eigenvalue weighted by Crippen LogP contribution is -2.05. The Morgan fingerprint density at radius 2 is 1.24 bits per heavy atom. The zero-order valence-corrected chi connectivity index (χ0v) is 13.6. The van der Waals surface area contributed by atoms with Crippen LogP contribution in [0.25, 0.3) is 0 Å². The van der Waals surface area contributed by atoms with E-state index in [1.807, 2.05) is 26.0 Å². The third kappa shape index (κ3) is 2.66. The molecule has 0 radical (unpaired) electrons. The largest absolute Gasteiger partial charge is 0.805 e. The molecule has 0 unspecified atom stereocenters. The Labute approximate surface area is 125 Å². The van der Waals surface area contributed by atoms with E-state index >= 15 is 0 Å². The van der Waals surface area contributed by atoms with Crippen molar-refractivity contribution >= 4 is 8.25 Å². The molecule has 0 saturated carbocycles. The lowest BCUT2D eigenvalue weighted by atomic mass is 9.96. The van der Waals surface area contributed by atoms with Gasteiger partial charge in [0.2, 0.25) is 0 Å². The maximum absolute atomic E-state index is 12.1. The first-order valence-electron chi connectivity index (χ1n) is 6.97. The number of aryl methyl sites for hydroxylation is 4. The van der Waals surface area contributed by atoms with Gasteiger partial charge in [0.15, 0.2) is 11.5 Å². The van der Waals surface area contributed by atoms with E-state index in [0.717, 1.165) is 28.7 Å². The third-order valence-corrected chi connectivity index (χ3v) is 4.37. The van der Waals surface area contributed by atoms with E-state index in [1.165, 1.54) is 11.1 Å². The molecule has 0 amide bonds. The number of fused-ring (bicyclic) bond motifs is 2. The lowest BCUT2D eigenvalue weighted by Gasteiger charge is -2.15. The van der Waals surface area contributed by atoms with Gasteiger partial charge in [-0.1, -0.05) is 35.4 Å². The SMILES string of the molecule is Cc1cc(C)c2c(c1)Cc1cc(C)cc(C)c1O[P+](=O)O2. The normalized spacial score (nSPS) is 13.4. The summed E-state index contributed by atoms with van der Waals surface area (Å²) in [5.74, 6) is 1.37. The maximum atomic E-state index is 12.1. The number of benzene rings is 2. The van der Waals surface area contributed by atoms with Gasteiger partial charge in [-0.25, -0.2) is 9.05 Å². The predicted molar refractivity (Wildman–Crippen MR) is 83.5 cm³/mol. The van der Waals surface area contributed by atoms with Gasteiger partial charge < -0.3 is 0 Å². The average molecular weight is 301 g/mol. The van der Waals surface area contributed by atoms with Gasteiger partial charge >= 0.3 is 8.25 Å². The minimum Gasteiger partial charge on any atom is -0.222 e. The standard InChI is InChI=1S/C17H18O3P/c1-10-5-12(3)16-14(7-10)9-15-8-11(2)6-13(4)17(15)20-21(18)19-16/h5-8H,9H2,1-4H3/q+1. The van der Waals surface area contributed by atoms with Gasteiger partial charge in [0.25, 0.3) is 0 Å². The quantitative estimate of drug-likeness (QED) is 0.646. The van der Waals surface area contributed by atoms with Gasteiger partial charge in [0, 0.05) is 22.1 Å². The highest BCUT2D eigenvalue weighted by molar-refractivity contribution is 7.34. The van der Waals surface area contributed by atoms with Crippen molar-refractivity contribution in [1.82, 2.24) is 0 Å². The highest BCUT2D eigenvalue weighted by Crippen LogP contribution is 2.42. The summed E-state index contributed by atoms with van der Waals surface area (Å²) < 4.78 is 23.2. The molecule has 3 nitrogen and oxygen atoms in total. The molecule has 0 saturated heterocycles. The summed E-state index contributed by atoms with van der Waals surface area (Å²) in [5, 5.41) is 0. The lowest BCUT2D eigenvalue weighted by molar-refractivity contribution is 0.406. The second-order valence-electron chi connectivity index (χ2n) is 5.72. The molecule has 2 aromatic carbocycles. The molecule has 3 rings (SSSR count). The Morgan fingerprint density at radius 3 is 1.67 bits per heavy atom. The van der Waals surface area contributed by atoms with Crippen molar-refractivity contribution in [3.63, 3.8) is 0 Å². The smallest absolute Gasteiger partial charge is 0.222 e. The highest BCUT2D eigenvalue weighted by Gasteiger charge is 2.32. The molecule has 1 aliphatic rings. The van der Waals surface area contributed by atoms with Crippen molar-refractivity contribution in [3.05, 3.63) is 57.6 Å². The zero-order chi connectivity index (χ0) is 15.1. The molecule has 0 N–H and O–H groups in total. The number of rotatable bonds is 0. The molecule has 0 fully saturated rings. The van der Waals surface area contributed by atoms with Crippen molar-refractivity contribution < 1.29 is 13.6 Å². The van der Waals surface area contributed by atoms with E-state index in [4.69, 9.17) is 9.05 Å². The van der Waals surface area contributed by atoms with Crippen LogP contribution >= 0.6 is 8.25 Å². The van der Waals surface area contributed by atoms with Crippen molar-refractivity contribution in [2.24, 2.45) is 0 Å². The van der Waals surface area contributed by atoms with Crippen LogP contribution in [0.1, 0.15) is 33.4 Å². The second kappa shape index (κ2) is 5.16. The van der Waals surface area contributed by atoms with Crippen LogP contribution < -0.4 is 9.05 Å². The van der Waals surface area contributed by atoms with Crippen LogP contribution in [0.3, 0.4) is 0 Å². The van der Waals surface area contributed by atoms with Crippen molar-refractivity contribution in [1.29, 1.82) is 0 Å². The molecule has 0 bridgehead atoms. The topological polar surface area (TPSA) is 35.5 Å². The van der Waals surface area contributed by atoms with Crippen LogP contribution in [-0.4, -0.2) is 0 Å². The van der Waals surface area contributed by atoms with Crippen LogP contribution in [0.15, 0.2) is 24.3 Å². The Morgan fingerprint density at radius 1 is 0.810 bits per heavy atom. The van der Waals surface area contributed by atoms with Crippen molar-refractivity contribution in [2.45, 2.75) is 34.1 Å². The molecule has 1 heterocycles. The Balaban J connectivity index is 2.22. The molecule has 21 heavy (non-hydrogen) atoms. The molecular formula is C17H18O3P+. The zero-order valence-electron chi connectivity index (χ0n) is 12.7. The van der Waals surface area contributed by atoms with Crippen molar-refractivity contribution in [3.8, 4) is 11.5 Å². The van der Waals surface area contributed by atoms with E-state index in [9.17, 15) is 4.57 Å². The van der Waals surface area contributed by atoms with E-state index in [1.54, 1.807) is 0 Å². The van der Waals surface area contributed by atoms with Crippen LogP contribution in [0.4, 0.5) is 0 Å². The van der Waals surface area contributed by atoms with E-state index < -0.39 is 8.25 Å². The summed E-state index contributed by atoms with van der Waals surface area (Å²) in [4.78, 5) is 0. The fourth-order valence-electron chi connectivity index (χ4n) is 2.98. The molecule has 0 atom stereocenters. The Bertz CT molecular complexity index is 689. The second-order valence-corrected chi connectivity index (χ2v) is 6.54. The van der Waals surface area contributed by atoms with Crippen LogP contribution in [0.2, 0.25) is 0 Å². The monoisotopic (exact) mass is 301 g/mol. The number of hydrogen-bond donors (Lipinski definition) is 0. The van der Waals surface area contributed by atoms with E-state index in [-0.39, 0.29) is 0 Å². The highest BCUT2D eigenvalue weighted by atomic mass is 31.1. The fourth-order valence-corrected chi connectivity index (χ4v) is 3.84. The minimum absolute atomic E-state index is 0.687. The first-order chi connectivity index (χ1) is 9.94. The maximum Gasteiger partial charge on any atom is 0.805 e. The third-order valence-electron chi connectivity index (χ3n) is 3.70. The summed E-state index contributed by atoms with van der Waals surface area (Å²) in [7, 11) is -2.21. The van der Waals surface area contributed by atoms with Gasteiger partial charge in [-0.05, 0) is 38.8 Å². The number of hydrogen-bond acceptors (Lipinski definition) is 3. The average Bonchev–Trinajstić information content (AvgIpc) is 2.36. The fraction of sp³-hybridized carbons (Fsp3) is 0.294. The molecular weight excluding hydrogens is 283 g/mol. The molecule has 2 aromatic rings. The molecule has 0 aromatic heterocycles. The van der Waals surface area contributed by atoms with E-state index in [0.29, 0.717) is 11.5 Å². The molecule has 0 spiro atoms. The summed E-state index contributed by atoms with van der Waals surface area (Å²) in [6.45, 7) is 8.06. The van der Waals surface area contributed by atoms with Gasteiger partial charge in [-0.2, -0.15) is 0 Å². The summed E-state index contributed by atoms with van der Waals surface area (Å²) in [6.07, 6.45) is 0.721. The summed E-state index contributed by atoms with van der Waals surface area (Å²) in [6, 6.07) is 8.26. The first-order valence-corrected chi connectivity index (χ1v) is 8.07. The Kier molecular flexibility index (Phi) is 3.46. The van der Waals surface area contributed by atoms with Crippen LogP contribution in [-0.2, 0) is 11.0 Å². The first kappa shape index (κ1) is 14.1. The summed E-state index contributed by atoms with van der Waals surface area (Å²) in [5.41, 5.74) is 6.46. The minimum atomic E-state index is -2.21. The van der Waals surface area contributed by atoms with Gasteiger partial charge in [-0.3, -0.25) is 0 Å².